The molecule has 3 aromatic heterocycles. The van der Waals surface area contributed by atoms with Crippen LogP contribution in [0.3, 0.4) is 0 Å². The molecule has 0 amide bonds. The monoisotopic (exact) mass is 876 g/mol. The van der Waals surface area contributed by atoms with E-state index in [9.17, 15) is 0 Å². The molecule has 0 fully saturated rings. The second-order valence-electron chi connectivity index (χ2n) is 16.3. The first kappa shape index (κ1) is 38.4. The highest BCUT2D eigenvalue weighted by Gasteiger charge is 2.27. The Kier molecular flexibility index (Phi) is 10.0. The minimum atomic E-state index is 0.402. The molecular weight excluding hydrogens is 837 g/mol. The number of rotatable bonds is 9. The van der Waals surface area contributed by atoms with Crippen molar-refractivity contribution in [2.75, 3.05) is 0 Å². The predicted molar refractivity (Wildman–Crippen MR) is 279 cm³/mol. The third-order valence-corrected chi connectivity index (χ3v) is 16.5. The molecule has 1 aliphatic rings. The Morgan fingerprint density at radius 3 is 1.49 bits per heavy atom. The lowest BCUT2D eigenvalue weighted by Crippen LogP contribution is -2.01. The topological polar surface area (TPSA) is 0 Å². The van der Waals surface area contributed by atoms with E-state index in [-0.39, 0.29) is 0 Å². The van der Waals surface area contributed by atoms with E-state index in [1.54, 1.807) is 34.0 Å². The Bertz CT molecular complexity index is 3410. The van der Waals surface area contributed by atoms with E-state index in [2.05, 4.69) is 210 Å². The molecule has 1 unspecified atom stereocenters. The molecule has 0 saturated heterocycles. The van der Waals surface area contributed by atoms with E-state index in [0.717, 1.165) is 12.8 Å². The first-order chi connectivity index (χ1) is 31.2. The standard InChI is InChI=1S/C59H40S4/c1-3-11-38(12-4-1)35-49-48-36-44(53-17-9-33-62-53)27-29-46(48)56(43-25-21-40(22-26-43)52-16-8-32-61-52)59-57(41-13-5-2-6-14-41)50-37-45(54-18-10-34-63-54)28-30-47(50)55(58(49)59)42-23-19-39(20-24-42)51-15-7-31-60-51/h1-16,18-34,36-37,53H,17,35H2. The van der Waals surface area contributed by atoms with Crippen molar-refractivity contribution < 1.29 is 0 Å². The maximum Gasteiger partial charge on any atom is 0.0373 e. The molecule has 300 valence electrons. The average molecular weight is 877 g/mol. The molecule has 0 aliphatic carbocycles. The summed E-state index contributed by atoms with van der Waals surface area (Å²) in [6, 6.07) is 69.0. The van der Waals surface area contributed by atoms with Crippen molar-refractivity contribution in [2.24, 2.45) is 0 Å². The fraction of sp³-hybridized carbons (Fsp3) is 0.0508. The average Bonchev–Trinajstić information content (AvgIpc) is 4.21. The molecule has 0 radical (unpaired) electrons. The zero-order valence-corrected chi connectivity index (χ0v) is 37.6. The van der Waals surface area contributed by atoms with Crippen LogP contribution in [-0.2, 0) is 6.42 Å². The number of allylic oxidation sites excluding steroid dienone is 1. The van der Waals surface area contributed by atoms with Crippen molar-refractivity contribution in [1.82, 2.24) is 0 Å². The van der Waals surface area contributed by atoms with Crippen molar-refractivity contribution in [2.45, 2.75) is 18.1 Å². The molecule has 0 bridgehead atoms. The lowest BCUT2D eigenvalue weighted by molar-refractivity contribution is 0.993. The lowest BCUT2D eigenvalue weighted by Gasteiger charge is -2.26. The summed E-state index contributed by atoms with van der Waals surface area (Å²) in [7, 11) is 0. The van der Waals surface area contributed by atoms with Crippen LogP contribution in [0.1, 0.15) is 28.4 Å². The largest absolute Gasteiger partial charge is 0.144 e. The normalized spacial score (nSPS) is 13.7. The maximum atomic E-state index is 2.55. The quantitative estimate of drug-likeness (QED) is 0.130. The van der Waals surface area contributed by atoms with E-state index >= 15 is 0 Å². The van der Waals surface area contributed by atoms with E-state index < -0.39 is 0 Å². The number of thiophene rings is 3. The van der Waals surface area contributed by atoms with E-state index in [1.165, 1.54) is 114 Å². The van der Waals surface area contributed by atoms with Crippen LogP contribution in [0.4, 0.5) is 0 Å². The molecule has 63 heavy (non-hydrogen) atoms. The van der Waals surface area contributed by atoms with Crippen molar-refractivity contribution in [3.63, 3.8) is 0 Å². The van der Waals surface area contributed by atoms with Crippen LogP contribution >= 0.6 is 45.8 Å². The molecule has 4 heterocycles. The highest BCUT2D eigenvalue weighted by atomic mass is 32.2. The predicted octanol–water partition coefficient (Wildman–Crippen LogP) is 18.6. The van der Waals surface area contributed by atoms with E-state index in [1.807, 2.05) is 11.8 Å². The Morgan fingerprint density at radius 1 is 0.397 bits per heavy atom. The minimum Gasteiger partial charge on any atom is -0.144 e. The Labute approximate surface area is 384 Å². The van der Waals surface area contributed by atoms with Gasteiger partial charge in [-0.15, -0.1) is 45.8 Å². The summed E-state index contributed by atoms with van der Waals surface area (Å²) in [5.74, 6) is 0. The van der Waals surface area contributed by atoms with Gasteiger partial charge in [-0.25, -0.2) is 0 Å². The molecule has 1 atom stereocenters. The fourth-order valence-electron chi connectivity index (χ4n) is 9.71. The summed E-state index contributed by atoms with van der Waals surface area (Å²) in [4.78, 5) is 3.84. The van der Waals surface area contributed by atoms with Crippen LogP contribution in [0, 0.1) is 0 Å². The Morgan fingerprint density at radius 2 is 0.905 bits per heavy atom. The SMILES string of the molecule is C1=CSC(c2ccc3c(-c4ccc(-c5cccs5)cc4)c4c(-c5ccccc5)c5cc(-c6cccs6)ccc5c(-c5ccc(-c6cccs6)cc5)c4c(Cc4ccccc4)c3c2)C1. The van der Waals surface area contributed by atoms with Crippen molar-refractivity contribution in [1.29, 1.82) is 0 Å². The van der Waals surface area contributed by atoms with Gasteiger partial charge in [0.05, 0.1) is 0 Å². The van der Waals surface area contributed by atoms with Gasteiger partial charge in [-0.05, 0) is 164 Å². The first-order valence-corrected chi connectivity index (χ1v) is 25.1. The highest BCUT2D eigenvalue weighted by Crippen LogP contribution is 2.53. The van der Waals surface area contributed by atoms with Gasteiger partial charge in [0.25, 0.3) is 0 Å². The van der Waals surface area contributed by atoms with Gasteiger partial charge >= 0.3 is 0 Å². The summed E-state index contributed by atoms with van der Waals surface area (Å²) in [5.41, 5.74) is 15.4. The highest BCUT2D eigenvalue weighted by molar-refractivity contribution is 8.02. The third kappa shape index (κ3) is 6.99. The molecule has 4 heteroatoms. The fourth-order valence-corrected chi connectivity index (χ4v) is 12.8. The van der Waals surface area contributed by atoms with Crippen LogP contribution in [0.2, 0.25) is 0 Å². The Hall–Kier alpha value is -6.27. The molecule has 11 aromatic rings. The number of hydrogen-bond donors (Lipinski definition) is 0. The van der Waals surface area contributed by atoms with Gasteiger partial charge in [0.15, 0.2) is 0 Å². The van der Waals surface area contributed by atoms with Crippen LogP contribution in [-0.4, -0.2) is 0 Å². The van der Waals surface area contributed by atoms with Crippen LogP contribution in [0.25, 0.3) is 97.0 Å². The van der Waals surface area contributed by atoms with Gasteiger partial charge < -0.3 is 0 Å². The van der Waals surface area contributed by atoms with Gasteiger partial charge in [-0.3, -0.25) is 0 Å². The summed E-state index contributed by atoms with van der Waals surface area (Å²) in [6.45, 7) is 0. The second-order valence-corrected chi connectivity index (χ2v) is 20.2. The minimum absolute atomic E-state index is 0.402. The summed E-state index contributed by atoms with van der Waals surface area (Å²) >= 11 is 7.33. The van der Waals surface area contributed by atoms with Crippen molar-refractivity contribution in [3.05, 3.63) is 226 Å². The Balaban J connectivity index is 1.29. The third-order valence-electron chi connectivity index (χ3n) is 12.6. The molecule has 0 spiro atoms. The molecule has 12 rings (SSSR count). The van der Waals surface area contributed by atoms with Crippen LogP contribution < -0.4 is 0 Å². The number of benzene rings is 8. The maximum absolute atomic E-state index is 2.55. The van der Waals surface area contributed by atoms with Gasteiger partial charge in [-0.1, -0.05) is 158 Å². The van der Waals surface area contributed by atoms with Crippen LogP contribution in [0.5, 0.6) is 0 Å². The molecule has 0 N–H and O–H groups in total. The van der Waals surface area contributed by atoms with Crippen molar-refractivity contribution >= 4 is 78.1 Å². The van der Waals surface area contributed by atoms with Gasteiger partial charge in [0.2, 0.25) is 0 Å². The number of thioether (sulfide) groups is 1. The summed E-state index contributed by atoms with van der Waals surface area (Å²) in [5, 5.41) is 17.0. The van der Waals surface area contributed by atoms with Crippen LogP contribution in [0.15, 0.2) is 210 Å². The number of hydrogen-bond acceptors (Lipinski definition) is 4. The van der Waals surface area contributed by atoms with Gasteiger partial charge in [0, 0.05) is 19.9 Å². The molecule has 0 saturated carbocycles. The lowest BCUT2D eigenvalue weighted by atomic mass is 9.77. The van der Waals surface area contributed by atoms with Crippen molar-refractivity contribution in [3.8, 4) is 64.7 Å². The molecule has 1 aliphatic heterocycles. The zero-order chi connectivity index (χ0) is 41.7. The molecule has 8 aromatic carbocycles. The number of fused-ring (bicyclic) bond motifs is 3. The summed E-state index contributed by atoms with van der Waals surface area (Å²) < 4.78 is 0. The first-order valence-electron chi connectivity index (χ1n) is 21.5. The summed E-state index contributed by atoms with van der Waals surface area (Å²) in [6.07, 6.45) is 4.18. The second kappa shape index (κ2) is 16.5. The van der Waals surface area contributed by atoms with Gasteiger partial charge in [-0.2, -0.15) is 0 Å². The van der Waals surface area contributed by atoms with Gasteiger partial charge in [0.1, 0.15) is 0 Å². The van der Waals surface area contributed by atoms with E-state index in [4.69, 9.17) is 0 Å². The van der Waals surface area contributed by atoms with E-state index in [0.29, 0.717) is 5.25 Å². The zero-order valence-electron chi connectivity index (χ0n) is 34.3. The molecular formula is C59H40S4. The molecule has 0 nitrogen and oxygen atoms in total. The smallest absolute Gasteiger partial charge is 0.0373 e.